The summed E-state index contributed by atoms with van der Waals surface area (Å²) in [6, 6.07) is 29.8. The van der Waals surface area contributed by atoms with Crippen molar-refractivity contribution in [2.75, 3.05) is 13.2 Å². The molecule has 1 aromatic heterocycles. The van der Waals surface area contributed by atoms with Crippen LogP contribution in [0, 0.1) is 6.92 Å². The zero-order valence-electron chi connectivity index (χ0n) is 18.8. The van der Waals surface area contributed by atoms with Gasteiger partial charge in [-0.05, 0) is 65.6 Å². The van der Waals surface area contributed by atoms with E-state index >= 15 is 0 Å². The summed E-state index contributed by atoms with van der Waals surface area (Å²) in [5.74, 6) is 0.212. The average molecular weight is 452 g/mol. The minimum absolute atomic E-state index is 0.372. The third-order valence-corrected chi connectivity index (χ3v) is 5.28. The fourth-order valence-electron chi connectivity index (χ4n) is 3.61. The van der Waals surface area contributed by atoms with E-state index in [0.29, 0.717) is 18.1 Å². The number of ether oxygens (including phenoxy) is 2. The number of aromatic nitrogens is 1. The third-order valence-electron chi connectivity index (χ3n) is 5.28. The molecule has 3 aromatic carbocycles. The van der Waals surface area contributed by atoms with Crippen LogP contribution in [0.15, 0.2) is 103 Å². The fraction of sp³-hybridized carbons (Fsp3) is 0.103. The highest BCUT2D eigenvalue weighted by molar-refractivity contribution is 5.80. The number of rotatable bonds is 9. The van der Waals surface area contributed by atoms with Crippen molar-refractivity contribution in [3.05, 3.63) is 120 Å². The summed E-state index contributed by atoms with van der Waals surface area (Å²) < 4.78 is 11.3. The Hall–Kier alpha value is -4.38. The highest BCUT2D eigenvalue weighted by atomic mass is 16.5. The lowest BCUT2D eigenvalue weighted by Crippen LogP contribution is -2.10. The third kappa shape index (κ3) is 5.90. The molecule has 0 aliphatic rings. The first-order valence-corrected chi connectivity index (χ1v) is 11.0. The molecule has 170 valence electrons. The number of benzene rings is 3. The fourth-order valence-corrected chi connectivity index (χ4v) is 3.61. The summed E-state index contributed by atoms with van der Waals surface area (Å²) in [5.41, 5.74) is 6.08. The molecule has 0 spiro atoms. The second-order valence-corrected chi connectivity index (χ2v) is 7.70. The topological polar surface area (TPSA) is 68.7 Å². The van der Waals surface area contributed by atoms with E-state index in [0.717, 1.165) is 33.5 Å². The smallest absolute Gasteiger partial charge is 0.341 e. The van der Waals surface area contributed by atoms with Gasteiger partial charge in [-0.1, -0.05) is 60.7 Å². The van der Waals surface area contributed by atoms with Crippen LogP contribution in [-0.2, 0) is 4.79 Å². The Labute approximate surface area is 199 Å². The summed E-state index contributed by atoms with van der Waals surface area (Å²) in [7, 11) is 0. The maximum absolute atomic E-state index is 10.7. The molecule has 0 aliphatic carbocycles. The van der Waals surface area contributed by atoms with Crippen LogP contribution < -0.4 is 9.47 Å². The Morgan fingerprint density at radius 1 is 0.882 bits per heavy atom. The molecule has 0 bridgehead atoms. The van der Waals surface area contributed by atoms with Gasteiger partial charge in [0.05, 0.1) is 5.69 Å². The van der Waals surface area contributed by atoms with Gasteiger partial charge in [0.15, 0.2) is 6.61 Å². The minimum Gasteiger partial charge on any atom is -0.489 e. The van der Waals surface area contributed by atoms with E-state index < -0.39 is 5.97 Å². The molecule has 5 nitrogen and oxygen atoms in total. The number of pyridine rings is 1. The standard InChI is InChI=1S/C29H25NO4/c1-21-19-25(14-15-28(21)34-20-29(31)32)33-18-16-26(22-7-3-2-4-8-22)23-10-12-24(13-11-23)27-9-5-6-17-30-27/h2-17,19H,18,20H2,1H3,(H,31,32)/b26-16-. The molecule has 0 saturated heterocycles. The van der Waals surface area contributed by atoms with Crippen LogP contribution in [0.3, 0.4) is 0 Å². The molecule has 0 saturated carbocycles. The van der Waals surface area contributed by atoms with Gasteiger partial charge in [-0.2, -0.15) is 0 Å². The number of nitrogens with zero attached hydrogens (tertiary/aromatic N) is 1. The number of carboxylic acids is 1. The number of carboxylic acid groups (broad SMARTS) is 1. The van der Waals surface area contributed by atoms with Crippen molar-refractivity contribution in [3.63, 3.8) is 0 Å². The maximum Gasteiger partial charge on any atom is 0.341 e. The van der Waals surface area contributed by atoms with E-state index in [1.807, 2.05) is 49.4 Å². The van der Waals surface area contributed by atoms with Crippen molar-refractivity contribution < 1.29 is 19.4 Å². The Morgan fingerprint density at radius 3 is 2.29 bits per heavy atom. The highest BCUT2D eigenvalue weighted by Crippen LogP contribution is 2.27. The molecule has 4 aromatic rings. The number of aliphatic carboxylic acids is 1. The number of carbonyl (C=O) groups is 1. The van der Waals surface area contributed by atoms with Gasteiger partial charge in [-0.3, -0.25) is 4.98 Å². The molecule has 0 atom stereocenters. The molecule has 34 heavy (non-hydrogen) atoms. The highest BCUT2D eigenvalue weighted by Gasteiger charge is 2.08. The summed E-state index contributed by atoms with van der Waals surface area (Å²) in [6.45, 7) is 1.86. The summed E-state index contributed by atoms with van der Waals surface area (Å²) in [6.07, 6.45) is 3.86. The minimum atomic E-state index is -1.01. The molecule has 1 N–H and O–H groups in total. The second kappa shape index (κ2) is 11.0. The van der Waals surface area contributed by atoms with Crippen molar-refractivity contribution in [3.8, 4) is 22.8 Å². The van der Waals surface area contributed by atoms with Crippen molar-refractivity contribution >= 4 is 11.5 Å². The SMILES string of the molecule is Cc1cc(OC/C=C(/c2ccccc2)c2ccc(-c3ccccn3)cc2)ccc1OCC(=O)O. The van der Waals surface area contributed by atoms with Gasteiger partial charge in [0.1, 0.15) is 18.1 Å². The lowest BCUT2D eigenvalue weighted by atomic mass is 9.96. The van der Waals surface area contributed by atoms with Crippen LogP contribution in [0.25, 0.3) is 16.8 Å². The molecule has 0 amide bonds. The van der Waals surface area contributed by atoms with E-state index in [2.05, 4.69) is 47.5 Å². The van der Waals surface area contributed by atoms with Gasteiger partial charge >= 0.3 is 5.97 Å². The monoisotopic (exact) mass is 451 g/mol. The van der Waals surface area contributed by atoms with Crippen LogP contribution in [0.5, 0.6) is 11.5 Å². The van der Waals surface area contributed by atoms with Crippen LogP contribution in [0.1, 0.15) is 16.7 Å². The van der Waals surface area contributed by atoms with Crippen molar-refractivity contribution in [2.45, 2.75) is 6.92 Å². The van der Waals surface area contributed by atoms with Gasteiger partial charge in [0, 0.05) is 11.8 Å². The Kier molecular flexibility index (Phi) is 7.35. The van der Waals surface area contributed by atoms with Crippen LogP contribution in [-0.4, -0.2) is 29.3 Å². The lowest BCUT2D eigenvalue weighted by molar-refractivity contribution is -0.139. The normalized spacial score (nSPS) is 11.1. The molecular weight excluding hydrogens is 426 g/mol. The molecule has 0 radical (unpaired) electrons. The van der Waals surface area contributed by atoms with Crippen LogP contribution >= 0.6 is 0 Å². The van der Waals surface area contributed by atoms with Crippen molar-refractivity contribution in [2.24, 2.45) is 0 Å². The van der Waals surface area contributed by atoms with E-state index in [9.17, 15) is 4.79 Å². The average Bonchev–Trinajstić information content (AvgIpc) is 2.87. The van der Waals surface area contributed by atoms with Gasteiger partial charge in [-0.25, -0.2) is 4.79 Å². The zero-order valence-corrected chi connectivity index (χ0v) is 18.8. The predicted octanol–water partition coefficient (Wildman–Crippen LogP) is 6.03. The molecule has 4 rings (SSSR count). The zero-order chi connectivity index (χ0) is 23.8. The predicted molar refractivity (Wildman–Crippen MR) is 133 cm³/mol. The number of aryl methyl sites for hydroxylation is 1. The lowest BCUT2D eigenvalue weighted by Gasteiger charge is -2.12. The molecule has 0 unspecified atom stereocenters. The second-order valence-electron chi connectivity index (χ2n) is 7.70. The van der Waals surface area contributed by atoms with Gasteiger partial charge in [0.25, 0.3) is 0 Å². The van der Waals surface area contributed by atoms with Gasteiger partial charge in [-0.15, -0.1) is 0 Å². The molecular formula is C29H25NO4. The number of hydrogen-bond donors (Lipinski definition) is 1. The first kappa shape index (κ1) is 22.8. The Morgan fingerprint density at radius 2 is 1.62 bits per heavy atom. The molecule has 1 heterocycles. The van der Waals surface area contributed by atoms with E-state index in [4.69, 9.17) is 14.6 Å². The van der Waals surface area contributed by atoms with Crippen molar-refractivity contribution in [1.29, 1.82) is 0 Å². The molecule has 0 fully saturated rings. The first-order valence-electron chi connectivity index (χ1n) is 11.0. The molecule has 0 aliphatic heterocycles. The maximum atomic E-state index is 10.7. The van der Waals surface area contributed by atoms with E-state index in [1.54, 1.807) is 18.3 Å². The quantitative estimate of drug-likeness (QED) is 0.336. The van der Waals surface area contributed by atoms with E-state index in [1.165, 1.54) is 0 Å². The van der Waals surface area contributed by atoms with Crippen molar-refractivity contribution in [1.82, 2.24) is 4.98 Å². The van der Waals surface area contributed by atoms with Crippen LogP contribution in [0.2, 0.25) is 0 Å². The Bertz CT molecular complexity index is 1270. The van der Waals surface area contributed by atoms with Crippen LogP contribution in [0.4, 0.5) is 0 Å². The van der Waals surface area contributed by atoms with Gasteiger partial charge < -0.3 is 14.6 Å². The number of hydrogen-bond acceptors (Lipinski definition) is 4. The molecule has 5 heteroatoms. The van der Waals surface area contributed by atoms with Gasteiger partial charge in [0.2, 0.25) is 0 Å². The summed E-state index contributed by atoms with van der Waals surface area (Å²) >= 11 is 0. The first-order chi connectivity index (χ1) is 16.6. The summed E-state index contributed by atoms with van der Waals surface area (Å²) in [5, 5.41) is 8.79. The Balaban J connectivity index is 1.52. The van der Waals surface area contributed by atoms with E-state index in [-0.39, 0.29) is 6.61 Å². The largest absolute Gasteiger partial charge is 0.489 e. The summed E-state index contributed by atoms with van der Waals surface area (Å²) in [4.78, 5) is 15.1.